The van der Waals surface area contributed by atoms with Crippen LogP contribution in [0.3, 0.4) is 0 Å². The van der Waals surface area contributed by atoms with Crippen LogP contribution in [0.15, 0.2) is 36.4 Å². The molecule has 2 heteroatoms. The third-order valence-corrected chi connectivity index (χ3v) is 4.79. The van der Waals surface area contributed by atoms with Gasteiger partial charge < -0.3 is 5.32 Å². The van der Waals surface area contributed by atoms with Crippen molar-refractivity contribution in [3.8, 4) is 0 Å². The van der Waals surface area contributed by atoms with Crippen molar-refractivity contribution in [3.05, 3.63) is 47.5 Å². The van der Waals surface area contributed by atoms with Crippen LogP contribution in [0.2, 0.25) is 0 Å². The van der Waals surface area contributed by atoms with E-state index in [1.54, 1.807) is 0 Å². The summed E-state index contributed by atoms with van der Waals surface area (Å²) in [5.74, 6) is 0.668. The lowest BCUT2D eigenvalue weighted by molar-refractivity contribution is 0.0911. The lowest BCUT2D eigenvalue weighted by atomic mass is 9.85. The van der Waals surface area contributed by atoms with Gasteiger partial charge in [0.05, 0.1) is 5.56 Å². The van der Waals surface area contributed by atoms with Gasteiger partial charge in [-0.05, 0) is 42.0 Å². The van der Waals surface area contributed by atoms with E-state index in [2.05, 4.69) is 24.4 Å². The van der Waals surface area contributed by atoms with E-state index in [0.717, 1.165) is 28.3 Å². The molecule has 1 amide bonds. The normalized spacial score (nSPS) is 22.2. The predicted molar refractivity (Wildman–Crippen MR) is 87.6 cm³/mol. The van der Waals surface area contributed by atoms with E-state index in [4.69, 9.17) is 0 Å². The van der Waals surface area contributed by atoms with Gasteiger partial charge in [-0.15, -0.1) is 0 Å². The number of hydrogen-bond donors (Lipinski definition) is 1. The molecule has 2 unspecified atom stereocenters. The van der Waals surface area contributed by atoms with Crippen molar-refractivity contribution in [1.29, 1.82) is 0 Å². The van der Waals surface area contributed by atoms with Gasteiger partial charge in [0.25, 0.3) is 5.91 Å². The number of fused-ring (bicyclic) bond motifs is 1. The molecule has 21 heavy (non-hydrogen) atoms. The molecule has 0 heterocycles. The van der Waals surface area contributed by atoms with Crippen molar-refractivity contribution in [3.63, 3.8) is 0 Å². The van der Waals surface area contributed by atoms with Crippen LogP contribution in [0, 0.1) is 12.8 Å². The topological polar surface area (TPSA) is 29.1 Å². The molecule has 110 valence electrons. The second kappa shape index (κ2) is 5.88. The van der Waals surface area contributed by atoms with Crippen LogP contribution in [0.5, 0.6) is 0 Å². The lowest BCUT2D eigenvalue weighted by Gasteiger charge is -2.29. The highest BCUT2D eigenvalue weighted by Crippen LogP contribution is 2.26. The van der Waals surface area contributed by atoms with Crippen LogP contribution in [-0.2, 0) is 0 Å². The largest absolute Gasteiger partial charge is 0.349 e. The Morgan fingerprint density at radius 1 is 1.10 bits per heavy atom. The predicted octanol–water partition coefficient (Wildman–Crippen LogP) is 4.46. The molecule has 0 bridgehead atoms. The Labute approximate surface area is 126 Å². The fourth-order valence-electron chi connectivity index (χ4n) is 3.45. The molecule has 0 aliphatic heterocycles. The molecule has 2 aromatic rings. The van der Waals surface area contributed by atoms with Crippen molar-refractivity contribution in [1.82, 2.24) is 5.32 Å². The van der Waals surface area contributed by atoms with Crippen LogP contribution in [0.25, 0.3) is 10.8 Å². The fraction of sp³-hybridized carbons (Fsp3) is 0.421. The monoisotopic (exact) mass is 281 g/mol. The van der Waals surface area contributed by atoms with Gasteiger partial charge in [-0.1, -0.05) is 56.2 Å². The van der Waals surface area contributed by atoms with Gasteiger partial charge in [-0.2, -0.15) is 0 Å². The standard InChI is InChI=1S/C19H23NO/c1-13-7-3-6-10-17(13)20-19(21)18-14(2)11-12-15-8-4-5-9-16(15)18/h4-5,8-9,11-13,17H,3,6-7,10H2,1-2H3,(H,20,21). The third-order valence-electron chi connectivity index (χ3n) is 4.79. The Morgan fingerprint density at radius 3 is 2.67 bits per heavy atom. The van der Waals surface area contributed by atoms with E-state index in [1.807, 2.05) is 31.2 Å². The number of benzene rings is 2. The Morgan fingerprint density at radius 2 is 1.86 bits per heavy atom. The maximum atomic E-state index is 12.8. The van der Waals surface area contributed by atoms with Crippen LogP contribution < -0.4 is 5.32 Å². The molecule has 0 aromatic heterocycles. The lowest BCUT2D eigenvalue weighted by Crippen LogP contribution is -2.41. The average Bonchev–Trinajstić information content (AvgIpc) is 2.49. The maximum Gasteiger partial charge on any atom is 0.252 e. The molecule has 0 saturated heterocycles. The highest BCUT2D eigenvalue weighted by Gasteiger charge is 2.24. The molecule has 2 aromatic carbocycles. The van der Waals surface area contributed by atoms with Crippen LogP contribution in [0.4, 0.5) is 0 Å². The molecular formula is C19H23NO. The first kappa shape index (κ1) is 14.1. The molecule has 1 aliphatic rings. The molecular weight excluding hydrogens is 258 g/mol. The summed E-state index contributed by atoms with van der Waals surface area (Å²) in [5, 5.41) is 5.46. The van der Waals surface area contributed by atoms with Gasteiger partial charge in [0.2, 0.25) is 0 Å². The molecule has 1 aliphatic carbocycles. The zero-order valence-corrected chi connectivity index (χ0v) is 12.9. The highest BCUT2D eigenvalue weighted by molar-refractivity contribution is 6.08. The minimum absolute atomic E-state index is 0.0862. The second-order valence-corrected chi connectivity index (χ2v) is 6.32. The smallest absolute Gasteiger partial charge is 0.252 e. The first-order valence-corrected chi connectivity index (χ1v) is 7.96. The summed E-state index contributed by atoms with van der Waals surface area (Å²) >= 11 is 0. The maximum absolute atomic E-state index is 12.8. The summed E-state index contributed by atoms with van der Waals surface area (Å²) in [6.07, 6.45) is 4.85. The summed E-state index contributed by atoms with van der Waals surface area (Å²) in [6.45, 7) is 4.27. The van der Waals surface area contributed by atoms with Gasteiger partial charge in [-0.3, -0.25) is 4.79 Å². The minimum Gasteiger partial charge on any atom is -0.349 e. The summed E-state index contributed by atoms with van der Waals surface area (Å²) in [7, 11) is 0. The van der Waals surface area contributed by atoms with Crippen molar-refractivity contribution in [2.75, 3.05) is 0 Å². The summed E-state index contributed by atoms with van der Waals surface area (Å²) in [5.41, 5.74) is 1.89. The molecule has 1 N–H and O–H groups in total. The van der Waals surface area contributed by atoms with Crippen molar-refractivity contribution in [2.45, 2.75) is 45.6 Å². The van der Waals surface area contributed by atoms with Crippen LogP contribution >= 0.6 is 0 Å². The van der Waals surface area contributed by atoms with Gasteiger partial charge in [0.15, 0.2) is 0 Å². The zero-order valence-electron chi connectivity index (χ0n) is 12.9. The number of amides is 1. The average molecular weight is 281 g/mol. The van der Waals surface area contributed by atoms with Crippen LogP contribution in [0.1, 0.15) is 48.5 Å². The number of carbonyl (C=O) groups is 1. The van der Waals surface area contributed by atoms with E-state index in [9.17, 15) is 4.79 Å². The highest BCUT2D eigenvalue weighted by atomic mass is 16.1. The van der Waals surface area contributed by atoms with E-state index < -0.39 is 0 Å². The van der Waals surface area contributed by atoms with Gasteiger partial charge in [-0.25, -0.2) is 0 Å². The molecule has 2 atom stereocenters. The van der Waals surface area contributed by atoms with E-state index in [1.165, 1.54) is 19.3 Å². The summed E-state index contributed by atoms with van der Waals surface area (Å²) < 4.78 is 0. The van der Waals surface area contributed by atoms with E-state index in [-0.39, 0.29) is 5.91 Å². The third kappa shape index (κ3) is 2.80. The zero-order chi connectivity index (χ0) is 14.8. The van der Waals surface area contributed by atoms with Crippen LogP contribution in [-0.4, -0.2) is 11.9 Å². The summed E-state index contributed by atoms with van der Waals surface area (Å²) in [6, 6.07) is 12.6. The van der Waals surface area contributed by atoms with Crippen molar-refractivity contribution >= 4 is 16.7 Å². The van der Waals surface area contributed by atoms with Gasteiger partial charge in [0, 0.05) is 6.04 Å². The molecule has 0 spiro atoms. The van der Waals surface area contributed by atoms with Crippen molar-refractivity contribution in [2.24, 2.45) is 5.92 Å². The van der Waals surface area contributed by atoms with Gasteiger partial charge in [0.1, 0.15) is 0 Å². The molecule has 1 fully saturated rings. The minimum atomic E-state index is 0.0862. The quantitative estimate of drug-likeness (QED) is 0.865. The Bertz CT molecular complexity index is 662. The van der Waals surface area contributed by atoms with Gasteiger partial charge >= 0.3 is 0 Å². The SMILES string of the molecule is Cc1ccc2ccccc2c1C(=O)NC1CCCCC1C. The molecule has 2 nitrogen and oxygen atoms in total. The number of rotatable bonds is 2. The molecule has 1 saturated carbocycles. The number of aryl methyl sites for hydroxylation is 1. The molecule has 0 radical (unpaired) electrons. The number of hydrogen-bond acceptors (Lipinski definition) is 1. The van der Waals surface area contributed by atoms with E-state index in [0.29, 0.717) is 12.0 Å². The molecule has 3 rings (SSSR count). The first-order valence-electron chi connectivity index (χ1n) is 7.96. The fourth-order valence-corrected chi connectivity index (χ4v) is 3.45. The first-order chi connectivity index (χ1) is 10.2. The Balaban J connectivity index is 1.92. The van der Waals surface area contributed by atoms with Crippen molar-refractivity contribution < 1.29 is 4.79 Å². The Kier molecular flexibility index (Phi) is 3.96. The number of carbonyl (C=O) groups excluding carboxylic acids is 1. The summed E-state index contributed by atoms with van der Waals surface area (Å²) in [4.78, 5) is 12.8. The second-order valence-electron chi connectivity index (χ2n) is 6.32. The van der Waals surface area contributed by atoms with E-state index >= 15 is 0 Å². The Hall–Kier alpha value is -1.83. The number of nitrogens with one attached hydrogen (secondary N) is 1.